The van der Waals surface area contributed by atoms with E-state index in [-0.39, 0.29) is 11.1 Å². The number of aromatic nitrogens is 2. The average Bonchev–Trinajstić information content (AvgIpc) is 2.61. The predicted molar refractivity (Wildman–Crippen MR) is 79.0 cm³/mol. The molecule has 1 aromatic heterocycles. The van der Waals surface area contributed by atoms with E-state index in [9.17, 15) is 8.78 Å². The molecule has 0 bridgehead atoms. The minimum Gasteiger partial charge on any atom is -0.383 e. The van der Waals surface area contributed by atoms with E-state index >= 15 is 0 Å². The summed E-state index contributed by atoms with van der Waals surface area (Å²) in [5.74, 6) is -0.416. The monoisotopic (exact) mass is 377 g/mol. The number of hydrogen-bond acceptors (Lipinski definition) is 2. The molecule has 0 saturated heterocycles. The van der Waals surface area contributed by atoms with Gasteiger partial charge in [0, 0.05) is 5.56 Å². The normalized spacial score (nSPS) is 12.7. The zero-order chi connectivity index (χ0) is 14.3. The Kier molecular flexibility index (Phi) is 3.80. The maximum atomic E-state index is 14.0. The summed E-state index contributed by atoms with van der Waals surface area (Å²) in [4.78, 5) is 0. The number of aryl methyl sites for hydroxylation is 2. The second kappa shape index (κ2) is 5.07. The van der Waals surface area contributed by atoms with Crippen LogP contribution in [0.2, 0.25) is 0 Å². The number of anilines is 1. The van der Waals surface area contributed by atoms with Crippen molar-refractivity contribution in [1.29, 1.82) is 0 Å². The Morgan fingerprint density at radius 3 is 2.42 bits per heavy atom. The Hall–Kier alpha value is -1.18. The van der Waals surface area contributed by atoms with Crippen LogP contribution in [0.25, 0.3) is 0 Å². The smallest absolute Gasteiger partial charge is 0.136 e. The lowest BCUT2D eigenvalue weighted by Gasteiger charge is -2.16. The summed E-state index contributed by atoms with van der Waals surface area (Å²) in [6.45, 7) is 5.10. The second-order valence-electron chi connectivity index (χ2n) is 4.53. The maximum absolute atomic E-state index is 14.0. The van der Waals surface area contributed by atoms with Crippen LogP contribution in [-0.2, 0) is 0 Å². The highest BCUT2D eigenvalue weighted by atomic mass is 127. The van der Waals surface area contributed by atoms with Gasteiger partial charge in [0.25, 0.3) is 0 Å². The molecule has 3 nitrogen and oxygen atoms in total. The highest BCUT2D eigenvalue weighted by Gasteiger charge is 2.20. The Labute approximate surface area is 123 Å². The van der Waals surface area contributed by atoms with Crippen LogP contribution in [0, 0.1) is 29.1 Å². The second-order valence-corrected chi connectivity index (χ2v) is 5.61. The van der Waals surface area contributed by atoms with Gasteiger partial charge in [-0.25, -0.2) is 13.5 Å². The molecule has 6 heteroatoms. The van der Waals surface area contributed by atoms with Gasteiger partial charge in [0.2, 0.25) is 0 Å². The van der Waals surface area contributed by atoms with Crippen LogP contribution in [0.4, 0.5) is 14.6 Å². The SMILES string of the molecule is Cc1cc(F)c(C(C)n2nc(C)c(I)c2N)cc1F. The maximum Gasteiger partial charge on any atom is 0.136 e. The van der Waals surface area contributed by atoms with Gasteiger partial charge in [0.1, 0.15) is 17.5 Å². The van der Waals surface area contributed by atoms with Crippen molar-refractivity contribution in [3.8, 4) is 0 Å². The lowest BCUT2D eigenvalue weighted by Crippen LogP contribution is -2.14. The van der Waals surface area contributed by atoms with Gasteiger partial charge in [0.15, 0.2) is 0 Å². The van der Waals surface area contributed by atoms with Gasteiger partial charge in [-0.05, 0) is 61.1 Å². The van der Waals surface area contributed by atoms with Gasteiger partial charge in [-0.2, -0.15) is 5.10 Å². The van der Waals surface area contributed by atoms with Gasteiger partial charge in [0.05, 0.1) is 15.3 Å². The van der Waals surface area contributed by atoms with Gasteiger partial charge in [-0.1, -0.05) is 0 Å². The minimum absolute atomic E-state index is 0.244. The van der Waals surface area contributed by atoms with E-state index in [2.05, 4.69) is 27.7 Å². The lowest BCUT2D eigenvalue weighted by atomic mass is 10.1. The predicted octanol–water partition coefficient (Wildman–Crippen LogP) is 3.57. The third kappa shape index (κ3) is 2.45. The van der Waals surface area contributed by atoms with E-state index in [1.807, 2.05) is 6.92 Å². The number of hydrogen-bond donors (Lipinski definition) is 1. The van der Waals surface area contributed by atoms with Crippen molar-refractivity contribution >= 4 is 28.4 Å². The van der Waals surface area contributed by atoms with E-state index in [1.54, 1.807) is 6.92 Å². The fourth-order valence-electron chi connectivity index (χ4n) is 1.95. The zero-order valence-corrected chi connectivity index (χ0v) is 13.0. The first-order valence-corrected chi connectivity index (χ1v) is 6.86. The first kappa shape index (κ1) is 14.2. The van der Waals surface area contributed by atoms with E-state index in [0.717, 1.165) is 9.26 Å². The summed E-state index contributed by atoms with van der Waals surface area (Å²) in [7, 11) is 0. The molecule has 2 aromatic rings. The van der Waals surface area contributed by atoms with Gasteiger partial charge < -0.3 is 5.73 Å². The molecule has 0 aliphatic rings. The fraction of sp³-hybridized carbons (Fsp3) is 0.308. The van der Waals surface area contributed by atoms with Crippen LogP contribution in [0.5, 0.6) is 0 Å². The van der Waals surface area contributed by atoms with Crippen LogP contribution in [0.15, 0.2) is 12.1 Å². The zero-order valence-electron chi connectivity index (χ0n) is 10.8. The van der Waals surface area contributed by atoms with Gasteiger partial charge in [-0.3, -0.25) is 0 Å². The summed E-state index contributed by atoms with van der Waals surface area (Å²) in [6, 6.07) is 1.94. The van der Waals surface area contributed by atoms with Crippen molar-refractivity contribution in [3.05, 3.63) is 44.2 Å². The first-order chi connectivity index (χ1) is 8.82. The molecule has 0 spiro atoms. The van der Waals surface area contributed by atoms with Gasteiger partial charge in [-0.15, -0.1) is 0 Å². The number of benzene rings is 1. The molecular weight excluding hydrogens is 363 g/mol. The number of nitrogens with two attached hydrogens (primary N) is 1. The quantitative estimate of drug-likeness (QED) is 0.814. The lowest BCUT2D eigenvalue weighted by molar-refractivity contribution is 0.513. The van der Waals surface area contributed by atoms with Crippen LogP contribution in [-0.4, -0.2) is 9.78 Å². The van der Waals surface area contributed by atoms with E-state index in [4.69, 9.17) is 5.73 Å². The Balaban J connectivity index is 2.52. The molecule has 1 aromatic carbocycles. The van der Waals surface area contributed by atoms with Crippen LogP contribution in [0.3, 0.4) is 0 Å². The molecular formula is C13H14F2IN3. The van der Waals surface area contributed by atoms with Crippen LogP contribution >= 0.6 is 22.6 Å². The van der Waals surface area contributed by atoms with Crippen molar-refractivity contribution in [3.63, 3.8) is 0 Å². The molecule has 1 heterocycles. The minimum atomic E-state index is -0.461. The van der Waals surface area contributed by atoms with Crippen LogP contribution in [0.1, 0.15) is 29.8 Å². The van der Waals surface area contributed by atoms with Crippen LogP contribution < -0.4 is 5.73 Å². The molecule has 1 unspecified atom stereocenters. The Bertz CT molecular complexity index is 637. The van der Waals surface area contributed by atoms with Crippen molar-refractivity contribution < 1.29 is 8.78 Å². The highest BCUT2D eigenvalue weighted by molar-refractivity contribution is 14.1. The summed E-state index contributed by atoms with van der Waals surface area (Å²) < 4.78 is 29.9. The molecule has 1 atom stereocenters. The van der Waals surface area contributed by atoms with Gasteiger partial charge >= 0.3 is 0 Å². The summed E-state index contributed by atoms with van der Waals surface area (Å²) >= 11 is 2.09. The number of nitrogen functional groups attached to an aromatic ring is 1. The molecule has 2 N–H and O–H groups in total. The van der Waals surface area contributed by atoms with Crippen molar-refractivity contribution in [1.82, 2.24) is 9.78 Å². The molecule has 0 aliphatic carbocycles. The summed E-state index contributed by atoms with van der Waals surface area (Å²) in [5.41, 5.74) is 7.24. The van der Waals surface area contributed by atoms with E-state index < -0.39 is 17.7 Å². The number of halogens is 3. The topological polar surface area (TPSA) is 43.8 Å². The molecule has 2 rings (SSSR count). The molecule has 0 fully saturated rings. The number of nitrogens with zero attached hydrogens (tertiary/aromatic N) is 2. The summed E-state index contributed by atoms with van der Waals surface area (Å²) in [5, 5.41) is 4.27. The fourth-order valence-corrected chi connectivity index (χ4v) is 2.31. The van der Waals surface area contributed by atoms with Crippen molar-refractivity contribution in [2.75, 3.05) is 5.73 Å². The molecule has 102 valence electrons. The Morgan fingerprint density at radius 2 is 1.89 bits per heavy atom. The average molecular weight is 377 g/mol. The molecule has 0 amide bonds. The van der Waals surface area contributed by atoms with E-state index in [0.29, 0.717) is 5.82 Å². The highest BCUT2D eigenvalue weighted by Crippen LogP contribution is 2.28. The molecule has 0 saturated carbocycles. The largest absolute Gasteiger partial charge is 0.383 e. The standard InChI is InChI=1S/C13H14F2IN3/c1-6-4-11(15)9(5-10(6)14)8(3)19-13(17)12(16)7(2)18-19/h4-5,8H,17H2,1-3H3. The Morgan fingerprint density at radius 1 is 1.26 bits per heavy atom. The molecule has 0 radical (unpaired) electrons. The molecule has 19 heavy (non-hydrogen) atoms. The van der Waals surface area contributed by atoms with E-state index in [1.165, 1.54) is 23.7 Å². The third-order valence-electron chi connectivity index (χ3n) is 3.14. The molecule has 0 aliphatic heterocycles. The first-order valence-electron chi connectivity index (χ1n) is 5.78. The summed E-state index contributed by atoms with van der Waals surface area (Å²) in [6.07, 6.45) is 0. The van der Waals surface area contributed by atoms with Crippen molar-refractivity contribution in [2.45, 2.75) is 26.8 Å². The van der Waals surface area contributed by atoms with Crippen molar-refractivity contribution in [2.24, 2.45) is 0 Å². The third-order valence-corrected chi connectivity index (χ3v) is 4.48. The number of rotatable bonds is 2.